The zero-order valence-corrected chi connectivity index (χ0v) is 12.3. The molecule has 0 unspecified atom stereocenters. The fourth-order valence-electron chi connectivity index (χ4n) is 1.76. The Morgan fingerprint density at radius 1 is 1.43 bits per heavy atom. The summed E-state index contributed by atoms with van der Waals surface area (Å²) in [4.78, 5) is 3.58. The topological polar surface area (TPSA) is 103 Å². The van der Waals surface area contributed by atoms with Gasteiger partial charge in [0.15, 0.2) is 5.82 Å². The van der Waals surface area contributed by atoms with Crippen molar-refractivity contribution in [1.29, 1.82) is 0 Å². The van der Waals surface area contributed by atoms with E-state index in [1.165, 1.54) is 23.1 Å². The SMILES string of the molecule is Cn1cnc(CCNS(=O)(=O)c2ccc(CN)cc2F)n1. The second-order valence-electron chi connectivity index (χ2n) is 4.45. The average Bonchev–Trinajstić information content (AvgIpc) is 2.83. The molecule has 114 valence electrons. The van der Waals surface area contributed by atoms with Gasteiger partial charge in [0.05, 0.1) is 0 Å². The number of hydrogen-bond acceptors (Lipinski definition) is 5. The number of halogens is 1. The van der Waals surface area contributed by atoms with Crippen LogP contribution in [-0.4, -0.2) is 29.7 Å². The molecule has 0 aliphatic rings. The van der Waals surface area contributed by atoms with Crippen molar-refractivity contribution in [2.75, 3.05) is 6.54 Å². The standard InChI is InChI=1S/C12H16FN5O2S/c1-18-8-15-12(17-18)4-5-16-21(19,20)11-3-2-9(7-14)6-10(11)13/h2-3,6,8,16H,4-5,7,14H2,1H3. The molecule has 9 heteroatoms. The Labute approximate surface area is 122 Å². The zero-order chi connectivity index (χ0) is 15.5. The Morgan fingerprint density at radius 3 is 2.76 bits per heavy atom. The van der Waals surface area contributed by atoms with E-state index in [4.69, 9.17) is 5.73 Å². The van der Waals surface area contributed by atoms with Gasteiger partial charge in [-0.3, -0.25) is 4.68 Å². The molecule has 21 heavy (non-hydrogen) atoms. The number of aryl methyl sites for hydroxylation is 1. The van der Waals surface area contributed by atoms with Gasteiger partial charge < -0.3 is 5.73 Å². The lowest BCUT2D eigenvalue weighted by atomic mass is 10.2. The minimum atomic E-state index is -3.91. The third kappa shape index (κ3) is 3.84. The summed E-state index contributed by atoms with van der Waals surface area (Å²) in [6.45, 7) is 0.237. The van der Waals surface area contributed by atoms with Crippen LogP contribution in [0.5, 0.6) is 0 Å². The minimum absolute atomic E-state index is 0.0877. The number of nitrogens with two attached hydrogens (primary N) is 1. The van der Waals surface area contributed by atoms with E-state index in [1.54, 1.807) is 7.05 Å². The molecule has 1 heterocycles. The normalized spacial score (nSPS) is 11.8. The van der Waals surface area contributed by atoms with Crippen molar-refractivity contribution >= 4 is 10.0 Å². The number of sulfonamides is 1. The highest BCUT2D eigenvalue weighted by Gasteiger charge is 2.18. The summed E-state index contributed by atoms with van der Waals surface area (Å²) in [6, 6.07) is 3.81. The smallest absolute Gasteiger partial charge is 0.243 e. The van der Waals surface area contributed by atoms with E-state index in [1.807, 2.05) is 0 Å². The molecule has 0 fully saturated rings. The molecule has 7 nitrogen and oxygen atoms in total. The van der Waals surface area contributed by atoms with Crippen molar-refractivity contribution in [1.82, 2.24) is 19.5 Å². The summed E-state index contributed by atoms with van der Waals surface area (Å²) in [7, 11) is -2.19. The molecule has 0 amide bonds. The van der Waals surface area contributed by atoms with Gasteiger partial charge in [-0.05, 0) is 17.7 Å². The number of nitrogens with zero attached hydrogens (tertiary/aromatic N) is 3. The molecule has 0 aliphatic carbocycles. The van der Waals surface area contributed by atoms with Gasteiger partial charge in [-0.25, -0.2) is 22.5 Å². The third-order valence-corrected chi connectivity index (χ3v) is 4.30. The number of rotatable bonds is 6. The lowest BCUT2D eigenvalue weighted by Gasteiger charge is -2.08. The van der Waals surface area contributed by atoms with Crippen LogP contribution in [0.15, 0.2) is 29.4 Å². The van der Waals surface area contributed by atoms with Crippen molar-refractivity contribution in [3.05, 3.63) is 41.7 Å². The van der Waals surface area contributed by atoms with Crippen LogP contribution in [0.3, 0.4) is 0 Å². The molecule has 0 saturated heterocycles. The minimum Gasteiger partial charge on any atom is -0.326 e. The Balaban J connectivity index is 2.04. The highest BCUT2D eigenvalue weighted by atomic mass is 32.2. The molecule has 0 radical (unpaired) electrons. The molecular formula is C12H16FN5O2S. The van der Waals surface area contributed by atoms with E-state index in [9.17, 15) is 12.8 Å². The van der Waals surface area contributed by atoms with Gasteiger partial charge in [0.1, 0.15) is 17.0 Å². The van der Waals surface area contributed by atoms with Gasteiger partial charge in [-0.1, -0.05) is 6.07 Å². The molecule has 0 bridgehead atoms. The zero-order valence-electron chi connectivity index (χ0n) is 11.5. The first-order valence-electron chi connectivity index (χ1n) is 6.25. The molecule has 0 atom stereocenters. The summed E-state index contributed by atoms with van der Waals surface area (Å²) < 4.78 is 41.7. The monoisotopic (exact) mass is 313 g/mol. The second-order valence-corrected chi connectivity index (χ2v) is 6.19. The van der Waals surface area contributed by atoms with Crippen LogP contribution in [-0.2, 0) is 30.0 Å². The first kappa shape index (κ1) is 15.5. The van der Waals surface area contributed by atoms with Gasteiger partial charge >= 0.3 is 0 Å². The Kier molecular flexibility index (Phi) is 4.66. The first-order valence-corrected chi connectivity index (χ1v) is 7.73. The fourth-order valence-corrected chi connectivity index (χ4v) is 2.85. The molecule has 3 N–H and O–H groups in total. The van der Waals surface area contributed by atoms with Gasteiger partial charge in [-0.2, -0.15) is 5.10 Å². The lowest BCUT2D eigenvalue weighted by molar-refractivity contribution is 0.555. The summed E-state index contributed by atoms with van der Waals surface area (Å²) in [5.41, 5.74) is 5.91. The van der Waals surface area contributed by atoms with Gasteiger partial charge in [0.2, 0.25) is 10.0 Å². The highest BCUT2D eigenvalue weighted by molar-refractivity contribution is 7.89. The molecular weight excluding hydrogens is 297 g/mol. The Morgan fingerprint density at radius 2 is 2.19 bits per heavy atom. The summed E-state index contributed by atoms with van der Waals surface area (Å²) in [5.74, 6) is -0.305. The molecule has 0 aliphatic heterocycles. The fraction of sp³-hybridized carbons (Fsp3) is 0.333. The Bertz CT molecular complexity index is 729. The van der Waals surface area contributed by atoms with E-state index >= 15 is 0 Å². The van der Waals surface area contributed by atoms with Crippen LogP contribution >= 0.6 is 0 Å². The largest absolute Gasteiger partial charge is 0.326 e. The van der Waals surface area contributed by atoms with Crippen LogP contribution < -0.4 is 10.5 Å². The Hall–Kier alpha value is -1.84. The molecule has 1 aromatic heterocycles. The average molecular weight is 313 g/mol. The van der Waals surface area contributed by atoms with Gasteiger partial charge in [0, 0.05) is 26.6 Å². The van der Waals surface area contributed by atoms with Gasteiger partial charge in [-0.15, -0.1) is 0 Å². The van der Waals surface area contributed by atoms with E-state index in [-0.39, 0.29) is 13.1 Å². The molecule has 2 rings (SSSR count). The first-order chi connectivity index (χ1) is 9.92. The van der Waals surface area contributed by atoms with E-state index in [0.29, 0.717) is 17.8 Å². The molecule has 0 spiro atoms. The summed E-state index contributed by atoms with van der Waals surface area (Å²) in [6.07, 6.45) is 1.84. The predicted octanol–water partition coefficient (Wildman–Crippen LogP) is -0.0661. The summed E-state index contributed by atoms with van der Waals surface area (Å²) in [5, 5.41) is 4.03. The van der Waals surface area contributed by atoms with Crippen LogP contribution in [0.4, 0.5) is 4.39 Å². The summed E-state index contributed by atoms with van der Waals surface area (Å²) >= 11 is 0. The molecule has 0 saturated carbocycles. The number of nitrogens with one attached hydrogen (secondary N) is 1. The molecule has 2 aromatic rings. The maximum Gasteiger partial charge on any atom is 0.243 e. The maximum absolute atomic E-state index is 13.8. The second kappa shape index (κ2) is 6.29. The third-order valence-electron chi connectivity index (χ3n) is 2.81. The van der Waals surface area contributed by atoms with Crippen molar-refractivity contribution in [3.63, 3.8) is 0 Å². The van der Waals surface area contributed by atoms with Crippen molar-refractivity contribution in [2.24, 2.45) is 12.8 Å². The van der Waals surface area contributed by atoms with Crippen molar-refractivity contribution < 1.29 is 12.8 Å². The van der Waals surface area contributed by atoms with Crippen LogP contribution in [0.2, 0.25) is 0 Å². The van der Waals surface area contributed by atoms with Crippen LogP contribution in [0.25, 0.3) is 0 Å². The lowest BCUT2D eigenvalue weighted by Crippen LogP contribution is -2.27. The molecule has 1 aromatic carbocycles. The van der Waals surface area contributed by atoms with Crippen molar-refractivity contribution in [2.45, 2.75) is 17.9 Å². The quantitative estimate of drug-likeness (QED) is 0.777. The highest BCUT2D eigenvalue weighted by Crippen LogP contribution is 2.15. The van der Waals surface area contributed by atoms with Crippen LogP contribution in [0.1, 0.15) is 11.4 Å². The van der Waals surface area contributed by atoms with E-state index in [0.717, 1.165) is 6.07 Å². The predicted molar refractivity (Wildman–Crippen MR) is 74.2 cm³/mol. The van der Waals surface area contributed by atoms with Crippen molar-refractivity contribution in [3.8, 4) is 0 Å². The van der Waals surface area contributed by atoms with E-state index < -0.39 is 20.7 Å². The number of aromatic nitrogens is 3. The maximum atomic E-state index is 13.8. The van der Waals surface area contributed by atoms with Gasteiger partial charge in [0.25, 0.3) is 0 Å². The number of benzene rings is 1. The van der Waals surface area contributed by atoms with Crippen LogP contribution in [0, 0.1) is 5.82 Å². The van der Waals surface area contributed by atoms with E-state index in [2.05, 4.69) is 14.8 Å². The number of hydrogen-bond donors (Lipinski definition) is 2.